The second kappa shape index (κ2) is 11.5. The van der Waals surface area contributed by atoms with Crippen LogP contribution in [0.3, 0.4) is 0 Å². The van der Waals surface area contributed by atoms with Gasteiger partial charge in [0.15, 0.2) is 5.96 Å². The van der Waals surface area contributed by atoms with Gasteiger partial charge in [-0.05, 0) is 31.9 Å². The molecule has 2 rings (SSSR count). The van der Waals surface area contributed by atoms with Crippen molar-refractivity contribution < 1.29 is 14.3 Å². The van der Waals surface area contributed by atoms with Gasteiger partial charge in [0.25, 0.3) is 5.91 Å². The Balaban J connectivity index is 1.53. The number of ether oxygens (including phenoxy) is 2. The van der Waals surface area contributed by atoms with Crippen LogP contribution in [0.2, 0.25) is 0 Å². The minimum atomic E-state index is -0.0634. The highest BCUT2D eigenvalue weighted by molar-refractivity contribution is 5.94. The summed E-state index contributed by atoms with van der Waals surface area (Å²) >= 11 is 0. The average Bonchev–Trinajstić information content (AvgIpc) is 3.16. The predicted molar refractivity (Wildman–Crippen MR) is 103 cm³/mol. The molecule has 0 spiro atoms. The summed E-state index contributed by atoms with van der Waals surface area (Å²) in [6.45, 7) is 6.12. The Hall–Kier alpha value is -2.12. The highest BCUT2D eigenvalue weighted by Crippen LogP contribution is 2.07. The van der Waals surface area contributed by atoms with Crippen LogP contribution in [0.25, 0.3) is 0 Å². The molecule has 0 saturated carbocycles. The van der Waals surface area contributed by atoms with Gasteiger partial charge < -0.3 is 25.4 Å². The Morgan fingerprint density at radius 3 is 2.81 bits per heavy atom. The van der Waals surface area contributed by atoms with Gasteiger partial charge in [-0.15, -0.1) is 0 Å². The summed E-state index contributed by atoms with van der Waals surface area (Å²) in [5.41, 5.74) is 1.75. The minimum absolute atomic E-state index is 0.0634. The number of carbonyl (C=O) groups excluding carboxylic acids is 1. The van der Waals surface area contributed by atoms with E-state index in [1.807, 2.05) is 31.2 Å². The summed E-state index contributed by atoms with van der Waals surface area (Å²) in [6.07, 6.45) is 2.15. The molecule has 1 saturated heterocycles. The molecule has 0 bridgehead atoms. The summed E-state index contributed by atoms with van der Waals surface area (Å²) in [5.74, 6) is 0.658. The molecule has 3 N–H and O–H groups in total. The molecule has 144 valence electrons. The smallest absolute Gasteiger partial charge is 0.251 e. The molecule has 1 aromatic rings. The number of nitrogens with one attached hydrogen (secondary N) is 3. The molecule has 0 aliphatic carbocycles. The van der Waals surface area contributed by atoms with E-state index in [1.165, 1.54) is 0 Å². The van der Waals surface area contributed by atoms with Crippen LogP contribution in [0.5, 0.6) is 0 Å². The van der Waals surface area contributed by atoms with E-state index in [2.05, 4.69) is 20.9 Å². The van der Waals surface area contributed by atoms with E-state index in [-0.39, 0.29) is 12.0 Å². The van der Waals surface area contributed by atoms with Crippen LogP contribution in [-0.4, -0.2) is 64.5 Å². The summed E-state index contributed by atoms with van der Waals surface area (Å²) < 4.78 is 11.0. The number of aliphatic imine (C=N–C) groups is 1. The van der Waals surface area contributed by atoms with E-state index >= 15 is 0 Å². The second-order valence-corrected chi connectivity index (χ2v) is 6.26. The average molecular weight is 362 g/mol. The van der Waals surface area contributed by atoms with Gasteiger partial charge in [-0.2, -0.15) is 0 Å². The Labute approximate surface area is 155 Å². The van der Waals surface area contributed by atoms with E-state index in [4.69, 9.17) is 9.47 Å². The first-order valence-electron chi connectivity index (χ1n) is 9.18. The molecule has 26 heavy (non-hydrogen) atoms. The molecule has 1 aromatic carbocycles. The van der Waals surface area contributed by atoms with E-state index < -0.39 is 0 Å². The molecule has 1 heterocycles. The molecule has 1 aliphatic rings. The SMILES string of the molecule is CN=C(NCCCOC1CCOC1)NCCNC(=O)c1cccc(C)c1. The molecule has 1 atom stereocenters. The van der Waals surface area contributed by atoms with Gasteiger partial charge in [0.1, 0.15) is 0 Å². The standard InChI is InChI=1S/C19H30N4O3/c1-15-5-3-6-16(13-15)18(24)21-9-10-23-19(20-2)22-8-4-11-26-17-7-12-25-14-17/h3,5-6,13,17H,4,7-12,14H2,1-2H3,(H,21,24)(H2,20,22,23). The maximum Gasteiger partial charge on any atom is 0.251 e. The number of amides is 1. The topological polar surface area (TPSA) is 84.0 Å². The molecule has 1 fully saturated rings. The van der Waals surface area contributed by atoms with Gasteiger partial charge in [-0.1, -0.05) is 17.7 Å². The largest absolute Gasteiger partial charge is 0.379 e. The number of guanidine groups is 1. The van der Waals surface area contributed by atoms with Gasteiger partial charge in [0.05, 0.1) is 12.7 Å². The molecular weight excluding hydrogens is 332 g/mol. The third kappa shape index (κ3) is 7.41. The highest BCUT2D eigenvalue weighted by atomic mass is 16.5. The van der Waals surface area contributed by atoms with Crippen molar-refractivity contribution in [1.82, 2.24) is 16.0 Å². The number of nitrogens with zero attached hydrogens (tertiary/aromatic N) is 1. The molecule has 0 aromatic heterocycles. The quantitative estimate of drug-likeness (QED) is 0.348. The molecule has 0 radical (unpaired) electrons. The first-order chi connectivity index (χ1) is 12.7. The van der Waals surface area contributed by atoms with Crippen LogP contribution in [0, 0.1) is 6.92 Å². The lowest BCUT2D eigenvalue weighted by molar-refractivity contribution is 0.0420. The first kappa shape index (κ1) is 20.2. The Kier molecular flexibility index (Phi) is 8.92. The van der Waals surface area contributed by atoms with Gasteiger partial charge in [-0.3, -0.25) is 9.79 Å². The molecule has 1 unspecified atom stereocenters. The lowest BCUT2D eigenvalue weighted by atomic mass is 10.1. The predicted octanol–water partition coefficient (Wildman–Crippen LogP) is 1.09. The zero-order valence-corrected chi connectivity index (χ0v) is 15.7. The monoisotopic (exact) mass is 362 g/mol. The maximum atomic E-state index is 12.1. The fourth-order valence-electron chi connectivity index (χ4n) is 2.64. The van der Waals surface area contributed by atoms with E-state index in [0.717, 1.165) is 37.5 Å². The summed E-state index contributed by atoms with van der Waals surface area (Å²) in [7, 11) is 1.73. The highest BCUT2D eigenvalue weighted by Gasteiger charge is 2.15. The number of aryl methyl sites for hydroxylation is 1. The molecular formula is C19H30N4O3. The fourth-order valence-corrected chi connectivity index (χ4v) is 2.64. The number of carbonyl (C=O) groups is 1. The number of rotatable bonds is 9. The third-order valence-electron chi connectivity index (χ3n) is 4.06. The Morgan fingerprint density at radius 1 is 1.27 bits per heavy atom. The summed E-state index contributed by atoms with van der Waals surface area (Å²) in [5, 5.41) is 9.32. The molecule has 1 amide bonds. The van der Waals surface area contributed by atoms with Crippen molar-refractivity contribution in [1.29, 1.82) is 0 Å². The third-order valence-corrected chi connectivity index (χ3v) is 4.06. The lowest BCUT2D eigenvalue weighted by Crippen LogP contribution is -2.42. The zero-order chi connectivity index (χ0) is 18.6. The lowest BCUT2D eigenvalue weighted by Gasteiger charge is -2.13. The number of hydrogen-bond acceptors (Lipinski definition) is 4. The summed E-state index contributed by atoms with van der Waals surface area (Å²) in [6, 6.07) is 7.55. The minimum Gasteiger partial charge on any atom is -0.379 e. The number of benzene rings is 1. The van der Waals surface area contributed by atoms with Crippen molar-refractivity contribution >= 4 is 11.9 Å². The van der Waals surface area contributed by atoms with Crippen LogP contribution < -0.4 is 16.0 Å². The van der Waals surface area contributed by atoms with E-state index in [9.17, 15) is 4.79 Å². The van der Waals surface area contributed by atoms with Gasteiger partial charge in [0.2, 0.25) is 0 Å². The molecule has 1 aliphatic heterocycles. The zero-order valence-electron chi connectivity index (χ0n) is 15.7. The Morgan fingerprint density at radius 2 is 2.08 bits per heavy atom. The van der Waals surface area contributed by atoms with Crippen molar-refractivity contribution in [2.45, 2.75) is 25.9 Å². The fraction of sp³-hybridized carbons (Fsp3) is 0.579. The van der Waals surface area contributed by atoms with Crippen molar-refractivity contribution in [3.05, 3.63) is 35.4 Å². The van der Waals surface area contributed by atoms with Crippen molar-refractivity contribution in [2.24, 2.45) is 4.99 Å². The second-order valence-electron chi connectivity index (χ2n) is 6.26. The normalized spacial score (nSPS) is 17.2. The van der Waals surface area contributed by atoms with Crippen LogP contribution in [0.1, 0.15) is 28.8 Å². The van der Waals surface area contributed by atoms with Crippen LogP contribution in [-0.2, 0) is 9.47 Å². The van der Waals surface area contributed by atoms with Crippen molar-refractivity contribution in [3.8, 4) is 0 Å². The number of hydrogen-bond donors (Lipinski definition) is 3. The van der Waals surface area contributed by atoms with Gasteiger partial charge >= 0.3 is 0 Å². The van der Waals surface area contributed by atoms with E-state index in [0.29, 0.717) is 31.9 Å². The molecule has 7 heteroatoms. The van der Waals surface area contributed by atoms with Gasteiger partial charge in [0, 0.05) is 45.5 Å². The maximum absolute atomic E-state index is 12.1. The van der Waals surface area contributed by atoms with Gasteiger partial charge in [-0.25, -0.2) is 0 Å². The van der Waals surface area contributed by atoms with Crippen LogP contribution in [0.15, 0.2) is 29.3 Å². The van der Waals surface area contributed by atoms with Crippen molar-refractivity contribution in [3.63, 3.8) is 0 Å². The van der Waals surface area contributed by atoms with E-state index in [1.54, 1.807) is 7.05 Å². The van der Waals surface area contributed by atoms with Crippen molar-refractivity contribution in [2.75, 3.05) is 46.5 Å². The molecule has 7 nitrogen and oxygen atoms in total. The first-order valence-corrected chi connectivity index (χ1v) is 9.18. The van der Waals surface area contributed by atoms with Crippen LogP contribution in [0.4, 0.5) is 0 Å². The Bertz CT molecular complexity index is 586. The summed E-state index contributed by atoms with van der Waals surface area (Å²) in [4.78, 5) is 16.2. The van der Waals surface area contributed by atoms with Crippen LogP contribution >= 0.6 is 0 Å².